The highest BCUT2D eigenvalue weighted by atomic mass is 16.1. The van der Waals surface area contributed by atoms with Crippen molar-refractivity contribution < 1.29 is 4.79 Å². The van der Waals surface area contributed by atoms with Crippen LogP contribution in [0, 0.1) is 5.92 Å². The Kier molecular flexibility index (Phi) is 6.43. The summed E-state index contributed by atoms with van der Waals surface area (Å²) in [5.41, 5.74) is 6.54. The van der Waals surface area contributed by atoms with E-state index in [1.54, 1.807) is 6.20 Å². The third-order valence-corrected chi connectivity index (χ3v) is 8.46. The van der Waals surface area contributed by atoms with Crippen LogP contribution in [0.5, 0.6) is 0 Å². The molecule has 1 saturated carbocycles. The van der Waals surface area contributed by atoms with Gasteiger partial charge in [-0.25, -0.2) is 4.98 Å². The molecule has 7 rings (SSSR count). The number of rotatable bonds is 5. The third-order valence-electron chi connectivity index (χ3n) is 8.46. The predicted molar refractivity (Wildman–Crippen MR) is 159 cm³/mol. The lowest BCUT2D eigenvalue weighted by Gasteiger charge is -2.33. The van der Waals surface area contributed by atoms with Gasteiger partial charge in [0.05, 0.1) is 28.6 Å². The van der Waals surface area contributed by atoms with Crippen LogP contribution >= 0.6 is 0 Å². The molecule has 9 heteroatoms. The Labute approximate surface area is 233 Å². The Hall–Kier alpha value is -4.24. The number of pyridine rings is 2. The number of likely N-dealkylation sites (N-methyl/N-ethyl adjacent to an activating group) is 1. The molecule has 0 unspecified atom stereocenters. The molecule has 0 radical (unpaired) electrons. The van der Waals surface area contributed by atoms with Crippen LogP contribution in [0.3, 0.4) is 0 Å². The molecule has 1 aromatic carbocycles. The molecule has 5 heterocycles. The molecule has 4 aromatic heterocycles. The number of hydrogen-bond donors (Lipinski definition) is 3. The highest BCUT2D eigenvalue weighted by Gasteiger charge is 2.22. The molecule has 0 bridgehead atoms. The maximum atomic E-state index is 12.8. The van der Waals surface area contributed by atoms with Crippen molar-refractivity contribution in [2.75, 3.05) is 43.4 Å². The maximum absolute atomic E-state index is 12.8. The van der Waals surface area contributed by atoms with Crippen LogP contribution in [-0.2, 0) is 4.79 Å². The van der Waals surface area contributed by atoms with E-state index in [9.17, 15) is 4.79 Å². The van der Waals surface area contributed by atoms with Crippen LogP contribution in [-0.4, -0.2) is 69.2 Å². The number of carbonyl (C=O) groups excluding carboxylic acids is 1. The van der Waals surface area contributed by atoms with Crippen LogP contribution in [0.2, 0.25) is 0 Å². The molecule has 0 spiro atoms. The van der Waals surface area contributed by atoms with Crippen LogP contribution in [0.15, 0.2) is 55.0 Å². The number of nitrogens with one attached hydrogen (secondary N) is 3. The van der Waals surface area contributed by atoms with Gasteiger partial charge in [-0.1, -0.05) is 25.3 Å². The average molecular weight is 535 g/mol. The highest BCUT2D eigenvalue weighted by Crippen LogP contribution is 2.34. The number of hydrogen-bond acceptors (Lipinski definition) is 6. The van der Waals surface area contributed by atoms with Gasteiger partial charge in [0.25, 0.3) is 0 Å². The lowest BCUT2D eigenvalue weighted by Crippen LogP contribution is -2.44. The Morgan fingerprint density at radius 2 is 1.77 bits per heavy atom. The Morgan fingerprint density at radius 3 is 2.62 bits per heavy atom. The van der Waals surface area contributed by atoms with Crippen molar-refractivity contribution in [1.29, 1.82) is 0 Å². The molecule has 204 valence electrons. The van der Waals surface area contributed by atoms with Crippen molar-refractivity contribution in [2.24, 2.45) is 5.92 Å². The van der Waals surface area contributed by atoms with E-state index >= 15 is 0 Å². The number of piperazine rings is 1. The van der Waals surface area contributed by atoms with E-state index in [1.807, 2.05) is 30.6 Å². The van der Waals surface area contributed by atoms with E-state index in [4.69, 9.17) is 4.98 Å². The van der Waals surface area contributed by atoms with Crippen molar-refractivity contribution in [3.63, 3.8) is 0 Å². The van der Waals surface area contributed by atoms with Gasteiger partial charge in [0, 0.05) is 60.8 Å². The molecule has 0 atom stereocenters. The summed E-state index contributed by atoms with van der Waals surface area (Å²) >= 11 is 0. The fourth-order valence-electron chi connectivity index (χ4n) is 6.11. The fourth-order valence-corrected chi connectivity index (χ4v) is 6.11. The first-order valence-electron chi connectivity index (χ1n) is 14.3. The number of amides is 1. The monoisotopic (exact) mass is 534 g/mol. The van der Waals surface area contributed by atoms with Crippen molar-refractivity contribution in [3.8, 4) is 22.5 Å². The van der Waals surface area contributed by atoms with E-state index < -0.39 is 0 Å². The standard InChI is InChI=1S/C31H34N8O/c1-38-11-13-39(14-12-38)30-25-17-28(35-26(25)9-10-33-30)29-24-16-21(7-8-27(24)36-37-29)22-15-23(19-32-18-22)34-31(40)20-5-3-2-4-6-20/h7-10,15-20,35H,2-6,11-14H2,1H3,(H,34,40)(H,36,37). The predicted octanol–water partition coefficient (Wildman–Crippen LogP) is 5.44. The van der Waals surface area contributed by atoms with E-state index in [-0.39, 0.29) is 11.8 Å². The van der Waals surface area contributed by atoms with E-state index in [0.717, 1.165) is 108 Å². The van der Waals surface area contributed by atoms with Crippen molar-refractivity contribution >= 4 is 39.2 Å². The molecule has 3 N–H and O–H groups in total. The Bertz CT molecular complexity index is 1670. The summed E-state index contributed by atoms with van der Waals surface area (Å²) in [6, 6.07) is 12.5. The number of carbonyl (C=O) groups is 1. The first-order valence-corrected chi connectivity index (χ1v) is 14.3. The highest BCUT2D eigenvalue weighted by molar-refractivity contribution is 6.00. The molecule has 1 aliphatic carbocycles. The van der Waals surface area contributed by atoms with Gasteiger partial charge in [-0.3, -0.25) is 14.9 Å². The van der Waals surface area contributed by atoms with Crippen molar-refractivity contribution in [1.82, 2.24) is 30.0 Å². The van der Waals surface area contributed by atoms with E-state index in [0.29, 0.717) is 0 Å². The molecule has 1 amide bonds. The molecule has 9 nitrogen and oxygen atoms in total. The first kappa shape index (κ1) is 24.8. The van der Waals surface area contributed by atoms with Gasteiger partial charge in [-0.05, 0) is 55.8 Å². The number of anilines is 2. The van der Waals surface area contributed by atoms with Gasteiger partial charge >= 0.3 is 0 Å². The van der Waals surface area contributed by atoms with Crippen LogP contribution in [0.1, 0.15) is 32.1 Å². The van der Waals surface area contributed by atoms with Gasteiger partial charge < -0.3 is 20.1 Å². The summed E-state index contributed by atoms with van der Waals surface area (Å²) in [5, 5.41) is 13.1. The minimum atomic E-state index is 0.102. The molecule has 2 fully saturated rings. The number of aromatic amines is 2. The number of benzene rings is 1. The van der Waals surface area contributed by atoms with Gasteiger partial charge in [0.15, 0.2) is 0 Å². The van der Waals surface area contributed by atoms with Gasteiger partial charge in [-0.15, -0.1) is 0 Å². The normalized spacial score (nSPS) is 17.1. The quantitative estimate of drug-likeness (QED) is 0.277. The van der Waals surface area contributed by atoms with Crippen molar-refractivity contribution in [2.45, 2.75) is 32.1 Å². The maximum Gasteiger partial charge on any atom is 0.227 e. The summed E-state index contributed by atoms with van der Waals surface area (Å²) < 4.78 is 0. The SMILES string of the molecule is CN1CCN(c2nccc3[nH]c(-c4n[nH]c5ccc(-c6cncc(NC(=O)C7CCCCC7)c6)cc45)cc23)CC1. The average Bonchev–Trinajstić information content (AvgIpc) is 3.62. The Balaban J connectivity index is 1.19. The molecular formula is C31H34N8O. The molecule has 40 heavy (non-hydrogen) atoms. The zero-order valence-electron chi connectivity index (χ0n) is 22.8. The van der Waals surface area contributed by atoms with Gasteiger partial charge in [0.1, 0.15) is 11.5 Å². The zero-order chi connectivity index (χ0) is 27.1. The smallest absolute Gasteiger partial charge is 0.227 e. The minimum Gasteiger partial charge on any atom is -0.353 e. The summed E-state index contributed by atoms with van der Waals surface area (Å²) in [5.74, 6) is 1.23. The molecule has 1 aliphatic heterocycles. The number of aromatic nitrogens is 5. The minimum absolute atomic E-state index is 0.102. The second-order valence-corrected chi connectivity index (χ2v) is 11.2. The number of H-pyrrole nitrogens is 2. The summed E-state index contributed by atoms with van der Waals surface area (Å²) in [6.45, 7) is 3.99. The van der Waals surface area contributed by atoms with E-state index in [2.05, 4.69) is 60.5 Å². The van der Waals surface area contributed by atoms with Crippen LogP contribution < -0.4 is 10.2 Å². The summed E-state index contributed by atoms with van der Waals surface area (Å²) in [6.07, 6.45) is 10.9. The molecule has 5 aromatic rings. The molecule has 1 saturated heterocycles. The fraction of sp³-hybridized carbons (Fsp3) is 0.355. The van der Waals surface area contributed by atoms with Crippen LogP contribution in [0.4, 0.5) is 11.5 Å². The second kappa shape index (κ2) is 10.4. The summed E-state index contributed by atoms with van der Waals surface area (Å²) in [4.78, 5) is 30.3. The largest absolute Gasteiger partial charge is 0.353 e. The molecule has 2 aliphatic rings. The number of nitrogens with zero attached hydrogens (tertiary/aromatic N) is 5. The molecular weight excluding hydrogens is 500 g/mol. The topological polar surface area (TPSA) is 106 Å². The van der Waals surface area contributed by atoms with E-state index in [1.165, 1.54) is 6.42 Å². The third kappa shape index (κ3) is 4.70. The van der Waals surface area contributed by atoms with Crippen LogP contribution in [0.25, 0.3) is 44.3 Å². The lowest BCUT2D eigenvalue weighted by molar-refractivity contribution is -0.120. The lowest BCUT2D eigenvalue weighted by atomic mass is 9.88. The number of fused-ring (bicyclic) bond motifs is 2. The first-order chi connectivity index (χ1) is 19.6. The van der Waals surface area contributed by atoms with Crippen molar-refractivity contribution in [3.05, 3.63) is 55.0 Å². The second-order valence-electron chi connectivity index (χ2n) is 11.2. The van der Waals surface area contributed by atoms with Gasteiger partial charge in [-0.2, -0.15) is 5.10 Å². The zero-order valence-corrected chi connectivity index (χ0v) is 22.8. The van der Waals surface area contributed by atoms with Gasteiger partial charge in [0.2, 0.25) is 5.91 Å². The summed E-state index contributed by atoms with van der Waals surface area (Å²) in [7, 11) is 2.16. The Morgan fingerprint density at radius 1 is 0.925 bits per heavy atom.